The summed E-state index contributed by atoms with van der Waals surface area (Å²) in [6.07, 6.45) is 0. The Balaban J connectivity index is 2.46. The third kappa shape index (κ3) is 1.99. The van der Waals surface area contributed by atoms with Gasteiger partial charge in [0.2, 0.25) is 0 Å². The minimum absolute atomic E-state index is 0.250. The Bertz CT molecular complexity index is 505. The smallest absolute Gasteiger partial charge is 0.128 e. The lowest BCUT2D eigenvalue weighted by molar-refractivity contribution is 0.594. The number of nitrogens with zero attached hydrogens (tertiary/aromatic N) is 1. The molecule has 0 spiro atoms. The molecule has 84 valence electrons. The third-order valence-electron chi connectivity index (χ3n) is 2.50. The van der Waals surface area contributed by atoms with E-state index in [1.54, 1.807) is 18.5 Å². The molecule has 16 heavy (non-hydrogen) atoms. The zero-order chi connectivity index (χ0) is 11.7. The van der Waals surface area contributed by atoms with Gasteiger partial charge in [0.25, 0.3) is 0 Å². The van der Waals surface area contributed by atoms with Gasteiger partial charge in [-0.3, -0.25) is 0 Å². The second-order valence-corrected chi connectivity index (χ2v) is 4.65. The topological polar surface area (TPSA) is 38.9 Å². The average molecular weight is 236 g/mol. The Kier molecular flexibility index (Phi) is 3.03. The zero-order valence-corrected chi connectivity index (χ0v) is 10.0. The molecule has 1 aromatic heterocycles. The molecule has 1 aromatic carbocycles. The minimum atomic E-state index is -0.281. The Morgan fingerprint density at radius 3 is 2.69 bits per heavy atom. The summed E-state index contributed by atoms with van der Waals surface area (Å²) in [4.78, 5) is 5.16. The van der Waals surface area contributed by atoms with Crippen molar-refractivity contribution in [2.75, 3.05) is 0 Å². The number of hydrogen-bond donors (Lipinski definition) is 1. The first-order chi connectivity index (χ1) is 7.59. The van der Waals surface area contributed by atoms with E-state index in [2.05, 4.69) is 4.98 Å². The average Bonchev–Trinajstić information content (AvgIpc) is 2.63. The van der Waals surface area contributed by atoms with Crippen molar-refractivity contribution < 1.29 is 4.39 Å². The highest BCUT2D eigenvalue weighted by molar-refractivity contribution is 7.13. The molecule has 0 aliphatic rings. The van der Waals surface area contributed by atoms with E-state index in [1.165, 1.54) is 17.4 Å². The highest BCUT2D eigenvalue weighted by atomic mass is 32.1. The van der Waals surface area contributed by atoms with Crippen LogP contribution >= 0.6 is 11.3 Å². The molecule has 1 atom stereocenters. The first-order valence-electron chi connectivity index (χ1n) is 5.05. The Labute approximate surface area is 97.9 Å². The first-order valence-corrected chi connectivity index (χ1v) is 5.93. The summed E-state index contributed by atoms with van der Waals surface area (Å²) in [5.41, 5.74) is 9.77. The molecule has 0 saturated carbocycles. The second-order valence-electron chi connectivity index (χ2n) is 3.79. The molecule has 0 saturated heterocycles. The van der Waals surface area contributed by atoms with Crippen molar-refractivity contribution in [3.05, 3.63) is 40.8 Å². The molecule has 0 bridgehead atoms. The Morgan fingerprint density at radius 1 is 1.44 bits per heavy atom. The molecule has 1 unspecified atom stereocenters. The molecule has 0 radical (unpaired) electrons. The molecule has 2 rings (SSSR count). The fourth-order valence-electron chi connectivity index (χ4n) is 1.62. The lowest BCUT2D eigenvalue weighted by Gasteiger charge is -2.08. The van der Waals surface area contributed by atoms with Gasteiger partial charge < -0.3 is 5.73 Å². The number of nitrogens with two attached hydrogens (primary N) is 1. The fourth-order valence-corrected chi connectivity index (χ4v) is 2.42. The van der Waals surface area contributed by atoms with E-state index in [4.69, 9.17) is 5.73 Å². The summed E-state index contributed by atoms with van der Waals surface area (Å²) in [6, 6.07) is 4.88. The van der Waals surface area contributed by atoms with Crippen molar-refractivity contribution in [3.63, 3.8) is 0 Å². The summed E-state index contributed by atoms with van der Waals surface area (Å²) in [6.45, 7) is 3.69. The van der Waals surface area contributed by atoms with Crippen LogP contribution in [0.2, 0.25) is 0 Å². The zero-order valence-electron chi connectivity index (χ0n) is 9.20. The SMILES string of the molecule is Cc1ncsc1-c1ccc(C(C)N)c(F)c1. The van der Waals surface area contributed by atoms with Crippen molar-refractivity contribution in [1.82, 2.24) is 4.98 Å². The standard InChI is InChI=1S/C12H13FN2S/c1-7(14)10-4-3-9(5-11(10)13)12-8(2)15-6-16-12/h3-7H,14H2,1-2H3. The summed E-state index contributed by atoms with van der Waals surface area (Å²) in [5.74, 6) is -0.250. The predicted molar refractivity (Wildman–Crippen MR) is 64.8 cm³/mol. The van der Waals surface area contributed by atoms with Crippen LogP contribution in [0.5, 0.6) is 0 Å². The molecule has 0 fully saturated rings. The molecule has 0 aliphatic carbocycles. The van der Waals surface area contributed by atoms with E-state index in [-0.39, 0.29) is 11.9 Å². The van der Waals surface area contributed by atoms with Gasteiger partial charge in [-0.2, -0.15) is 0 Å². The van der Waals surface area contributed by atoms with Crippen LogP contribution in [0.1, 0.15) is 24.2 Å². The van der Waals surface area contributed by atoms with Gasteiger partial charge in [-0.25, -0.2) is 9.37 Å². The summed E-state index contributed by atoms with van der Waals surface area (Å²) in [7, 11) is 0. The van der Waals surface area contributed by atoms with E-state index in [0.29, 0.717) is 5.56 Å². The van der Waals surface area contributed by atoms with Crippen molar-refractivity contribution in [3.8, 4) is 10.4 Å². The van der Waals surface area contributed by atoms with E-state index in [0.717, 1.165) is 16.1 Å². The monoisotopic (exact) mass is 236 g/mol. The molecule has 2 nitrogen and oxygen atoms in total. The Hall–Kier alpha value is -1.26. The van der Waals surface area contributed by atoms with Gasteiger partial charge in [0, 0.05) is 11.6 Å². The van der Waals surface area contributed by atoms with Gasteiger partial charge in [-0.1, -0.05) is 12.1 Å². The van der Waals surface area contributed by atoms with Crippen LogP contribution in [0.15, 0.2) is 23.7 Å². The summed E-state index contributed by atoms with van der Waals surface area (Å²) < 4.78 is 13.7. The van der Waals surface area contributed by atoms with Crippen LogP contribution < -0.4 is 5.73 Å². The van der Waals surface area contributed by atoms with E-state index in [1.807, 2.05) is 13.0 Å². The minimum Gasteiger partial charge on any atom is -0.324 e. The van der Waals surface area contributed by atoms with Crippen molar-refractivity contribution in [2.45, 2.75) is 19.9 Å². The van der Waals surface area contributed by atoms with Gasteiger partial charge in [-0.05, 0) is 25.5 Å². The summed E-state index contributed by atoms with van der Waals surface area (Å²) in [5, 5.41) is 0. The maximum Gasteiger partial charge on any atom is 0.128 e. The quantitative estimate of drug-likeness (QED) is 0.869. The van der Waals surface area contributed by atoms with Gasteiger partial charge in [0.15, 0.2) is 0 Å². The third-order valence-corrected chi connectivity index (χ3v) is 3.48. The van der Waals surface area contributed by atoms with Crippen LogP contribution in [0, 0.1) is 12.7 Å². The molecular formula is C12H13FN2S. The first kappa shape index (κ1) is 11.2. The van der Waals surface area contributed by atoms with Crippen LogP contribution in [0.4, 0.5) is 4.39 Å². The van der Waals surface area contributed by atoms with Gasteiger partial charge >= 0.3 is 0 Å². The number of hydrogen-bond acceptors (Lipinski definition) is 3. The molecule has 0 amide bonds. The lowest BCUT2D eigenvalue weighted by atomic mass is 10.0. The highest BCUT2D eigenvalue weighted by Crippen LogP contribution is 2.29. The van der Waals surface area contributed by atoms with E-state index >= 15 is 0 Å². The number of aromatic nitrogens is 1. The molecule has 4 heteroatoms. The molecule has 2 aromatic rings. The van der Waals surface area contributed by atoms with Gasteiger partial charge in [-0.15, -0.1) is 11.3 Å². The van der Waals surface area contributed by atoms with Crippen molar-refractivity contribution in [1.29, 1.82) is 0 Å². The molecule has 0 aliphatic heterocycles. The Morgan fingerprint density at radius 2 is 2.19 bits per heavy atom. The molecular weight excluding hydrogens is 223 g/mol. The maximum atomic E-state index is 13.7. The lowest BCUT2D eigenvalue weighted by Crippen LogP contribution is -2.07. The van der Waals surface area contributed by atoms with Crippen LogP contribution in [-0.4, -0.2) is 4.98 Å². The van der Waals surface area contributed by atoms with Crippen molar-refractivity contribution >= 4 is 11.3 Å². The number of thiazole rings is 1. The molecule has 1 heterocycles. The second kappa shape index (κ2) is 4.31. The predicted octanol–water partition coefficient (Wildman–Crippen LogP) is 3.28. The normalized spacial score (nSPS) is 12.8. The van der Waals surface area contributed by atoms with Crippen LogP contribution in [0.3, 0.4) is 0 Å². The van der Waals surface area contributed by atoms with E-state index < -0.39 is 0 Å². The number of aryl methyl sites for hydroxylation is 1. The molecule has 2 N–H and O–H groups in total. The number of benzene rings is 1. The van der Waals surface area contributed by atoms with Gasteiger partial charge in [0.1, 0.15) is 5.82 Å². The highest BCUT2D eigenvalue weighted by Gasteiger charge is 2.10. The van der Waals surface area contributed by atoms with Crippen molar-refractivity contribution in [2.24, 2.45) is 5.73 Å². The van der Waals surface area contributed by atoms with Crippen LogP contribution in [-0.2, 0) is 0 Å². The maximum absolute atomic E-state index is 13.7. The largest absolute Gasteiger partial charge is 0.324 e. The number of rotatable bonds is 2. The van der Waals surface area contributed by atoms with Crippen LogP contribution in [0.25, 0.3) is 10.4 Å². The van der Waals surface area contributed by atoms with E-state index in [9.17, 15) is 4.39 Å². The fraction of sp³-hybridized carbons (Fsp3) is 0.250. The number of halogens is 1. The van der Waals surface area contributed by atoms with Gasteiger partial charge in [0.05, 0.1) is 16.1 Å². The summed E-state index contributed by atoms with van der Waals surface area (Å²) >= 11 is 1.52.